The maximum Gasteiger partial charge on any atom is 0.416 e. The number of fused-ring (bicyclic) bond motifs is 1. The second kappa shape index (κ2) is 7.28. The van der Waals surface area contributed by atoms with Crippen molar-refractivity contribution in [2.75, 3.05) is 5.32 Å². The smallest absolute Gasteiger partial charge is 0.340 e. The molecule has 1 unspecified atom stereocenters. The number of aromatic nitrogens is 2. The fourth-order valence-electron chi connectivity index (χ4n) is 3.16. The molecule has 1 aromatic carbocycles. The van der Waals surface area contributed by atoms with Gasteiger partial charge in [-0.25, -0.2) is 4.98 Å². The summed E-state index contributed by atoms with van der Waals surface area (Å²) in [6.07, 6.45) is 2.97. The summed E-state index contributed by atoms with van der Waals surface area (Å²) in [6.45, 7) is 0. The summed E-state index contributed by atoms with van der Waals surface area (Å²) >= 11 is 6.26. The van der Waals surface area contributed by atoms with Gasteiger partial charge in [0.25, 0.3) is 0 Å². The standard InChI is InChI=1S/C21H15ClF3N3/c22-18-12-27-20(28-16-8-5-14-2-1-9-26-19(14)10-16)11-17(18)13-3-6-15(7-4-13)21(23,24)25/h1-3,5-13H,4H2,(H,27,28). The van der Waals surface area contributed by atoms with Gasteiger partial charge in [-0.3, -0.25) is 4.98 Å². The van der Waals surface area contributed by atoms with Gasteiger partial charge in [0.15, 0.2) is 0 Å². The second-order valence-electron chi connectivity index (χ2n) is 6.49. The third kappa shape index (κ3) is 3.87. The van der Waals surface area contributed by atoms with E-state index in [0.29, 0.717) is 10.8 Å². The zero-order chi connectivity index (χ0) is 19.7. The lowest BCUT2D eigenvalue weighted by molar-refractivity contribution is -0.0886. The van der Waals surface area contributed by atoms with Crippen molar-refractivity contribution in [1.82, 2.24) is 9.97 Å². The Morgan fingerprint density at radius 3 is 2.71 bits per heavy atom. The molecule has 3 aromatic rings. The predicted octanol–water partition coefficient (Wildman–Crippen LogP) is 6.56. The largest absolute Gasteiger partial charge is 0.416 e. The molecule has 0 bridgehead atoms. The molecule has 0 aliphatic heterocycles. The van der Waals surface area contributed by atoms with Crippen molar-refractivity contribution in [3.8, 4) is 0 Å². The summed E-state index contributed by atoms with van der Waals surface area (Å²) in [5, 5.41) is 4.65. The van der Waals surface area contributed by atoms with Crippen molar-refractivity contribution in [2.45, 2.75) is 18.5 Å². The van der Waals surface area contributed by atoms with Crippen molar-refractivity contribution in [1.29, 1.82) is 0 Å². The highest BCUT2D eigenvalue weighted by molar-refractivity contribution is 6.31. The minimum Gasteiger partial charge on any atom is -0.340 e. The van der Waals surface area contributed by atoms with E-state index in [4.69, 9.17) is 11.6 Å². The zero-order valence-electron chi connectivity index (χ0n) is 14.5. The Kier molecular flexibility index (Phi) is 4.81. The summed E-state index contributed by atoms with van der Waals surface area (Å²) in [7, 11) is 0. The number of nitrogens with one attached hydrogen (secondary N) is 1. The third-order valence-electron chi connectivity index (χ3n) is 4.59. The van der Waals surface area contributed by atoms with Crippen LogP contribution >= 0.6 is 11.6 Å². The molecule has 3 nitrogen and oxygen atoms in total. The van der Waals surface area contributed by atoms with Gasteiger partial charge < -0.3 is 5.32 Å². The monoisotopic (exact) mass is 401 g/mol. The molecule has 7 heteroatoms. The number of pyridine rings is 2. The summed E-state index contributed by atoms with van der Waals surface area (Å²) in [5.74, 6) is 0.328. The van der Waals surface area contributed by atoms with E-state index < -0.39 is 11.7 Å². The van der Waals surface area contributed by atoms with Gasteiger partial charge in [-0.1, -0.05) is 42.0 Å². The van der Waals surface area contributed by atoms with Crippen LogP contribution in [-0.4, -0.2) is 16.1 Å². The molecule has 142 valence electrons. The van der Waals surface area contributed by atoms with Crippen LogP contribution < -0.4 is 5.32 Å². The Bertz CT molecular complexity index is 1090. The van der Waals surface area contributed by atoms with Crippen LogP contribution in [-0.2, 0) is 0 Å². The Morgan fingerprint density at radius 1 is 1.11 bits per heavy atom. The SMILES string of the molecule is FC(F)(F)C1=CCC(c2cc(Nc3ccc4cccnc4c3)ncc2Cl)C=C1. The molecule has 1 aliphatic carbocycles. The van der Waals surface area contributed by atoms with E-state index in [1.165, 1.54) is 18.3 Å². The Hall–Kier alpha value is -2.86. The molecular formula is C21H15ClF3N3. The van der Waals surface area contributed by atoms with Crippen LogP contribution in [0.1, 0.15) is 17.9 Å². The van der Waals surface area contributed by atoms with E-state index >= 15 is 0 Å². The first-order chi connectivity index (χ1) is 13.4. The van der Waals surface area contributed by atoms with E-state index in [0.717, 1.165) is 28.2 Å². The molecule has 0 spiro atoms. The lowest BCUT2D eigenvalue weighted by atomic mass is 9.90. The van der Waals surface area contributed by atoms with Gasteiger partial charge in [0, 0.05) is 29.4 Å². The molecule has 0 saturated carbocycles. The van der Waals surface area contributed by atoms with Crippen molar-refractivity contribution >= 4 is 34.0 Å². The van der Waals surface area contributed by atoms with Gasteiger partial charge in [-0.15, -0.1) is 0 Å². The summed E-state index contributed by atoms with van der Waals surface area (Å²) in [5.41, 5.74) is 1.76. The Morgan fingerprint density at radius 2 is 1.96 bits per heavy atom. The van der Waals surface area contributed by atoms with Crippen LogP contribution in [0.4, 0.5) is 24.7 Å². The average molecular weight is 402 g/mol. The Balaban J connectivity index is 1.57. The van der Waals surface area contributed by atoms with Crippen LogP contribution in [0, 0.1) is 0 Å². The number of hydrogen-bond acceptors (Lipinski definition) is 3. The van der Waals surface area contributed by atoms with Crippen molar-refractivity contribution < 1.29 is 13.2 Å². The van der Waals surface area contributed by atoms with Gasteiger partial charge in [0.1, 0.15) is 5.82 Å². The summed E-state index contributed by atoms with van der Waals surface area (Å²) in [6, 6.07) is 11.4. The maximum atomic E-state index is 12.8. The van der Waals surface area contributed by atoms with Crippen LogP contribution in [0.15, 0.2) is 72.6 Å². The molecule has 1 atom stereocenters. The quantitative estimate of drug-likeness (QED) is 0.540. The van der Waals surface area contributed by atoms with E-state index in [2.05, 4.69) is 15.3 Å². The number of alkyl halides is 3. The highest BCUT2D eigenvalue weighted by atomic mass is 35.5. The molecule has 2 heterocycles. The normalized spacial score (nSPS) is 16.9. The first kappa shape index (κ1) is 18.5. The average Bonchev–Trinajstić information content (AvgIpc) is 2.69. The number of allylic oxidation sites excluding steroid dienone is 4. The summed E-state index contributed by atoms with van der Waals surface area (Å²) in [4.78, 5) is 8.61. The highest BCUT2D eigenvalue weighted by Gasteiger charge is 2.33. The van der Waals surface area contributed by atoms with Crippen LogP contribution in [0.2, 0.25) is 5.02 Å². The topological polar surface area (TPSA) is 37.8 Å². The lowest BCUT2D eigenvalue weighted by Gasteiger charge is -2.19. The number of benzene rings is 1. The van der Waals surface area contributed by atoms with Crippen molar-refractivity contribution in [3.63, 3.8) is 0 Å². The van der Waals surface area contributed by atoms with Crippen molar-refractivity contribution in [3.05, 3.63) is 83.2 Å². The molecule has 0 radical (unpaired) electrons. The van der Waals surface area contributed by atoms with E-state index in [9.17, 15) is 13.2 Å². The fraction of sp³-hybridized carbons (Fsp3) is 0.143. The highest BCUT2D eigenvalue weighted by Crippen LogP contribution is 2.37. The van der Waals surface area contributed by atoms with Crippen LogP contribution in [0.3, 0.4) is 0 Å². The number of anilines is 2. The molecular weight excluding hydrogens is 387 g/mol. The van der Waals surface area contributed by atoms with Gasteiger partial charge >= 0.3 is 6.18 Å². The third-order valence-corrected chi connectivity index (χ3v) is 4.91. The summed E-state index contributed by atoms with van der Waals surface area (Å²) < 4.78 is 38.4. The fourth-order valence-corrected chi connectivity index (χ4v) is 3.40. The predicted molar refractivity (Wildman–Crippen MR) is 105 cm³/mol. The number of rotatable bonds is 3. The van der Waals surface area contributed by atoms with Gasteiger partial charge in [0.2, 0.25) is 0 Å². The lowest BCUT2D eigenvalue weighted by Crippen LogP contribution is -2.13. The number of hydrogen-bond donors (Lipinski definition) is 1. The second-order valence-corrected chi connectivity index (χ2v) is 6.89. The molecule has 0 amide bonds. The molecule has 0 saturated heterocycles. The minimum atomic E-state index is -4.33. The first-order valence-electron chi connectivity index (χ1n) is 8.63. The van der Waals surface area contributed by atoms with Crippen molar-refractivity contribution in [2.24, 2.45) is 0 Å². The number of nitrogens with zero attached hydrogens (tertiary/aromatic N) is 2. The van der Waals surface area contributed by atoms with Crippen LogP contribution in [0.25, 0.3) is 10.9 Å². The molecule has 1 aliphatic rings. The van der Waals surface area contributed by atoms with Gasteiger partial charge in [-0.05, 0) is 36.2 Å². The minimum absolute atomic E-state index is 0.231. The molecule has 4 rings (SSSR count). The van der Waals surface area contributed by atoms with Gasteiger partial charge in [-0.2, -0.15) is 13.2 Å². The molecule has 0 fully saturated rings. The molecule has 28 heavy (non-hydrogen) atoms. The Labute approximate surface area is 164 Å². The number of halogens is 4. The maximum absolute atomic E-state index is 12.8. The van der Waals surface area contributed by atoms with E-state index in [-0.39, 0.29) is 12.3 Å². The van der Waals surface area contributed by atoms with E-state index in [1.807, 2.05) is 30.3 Å². The van der Waals surface area contributed by atoms with Gasteiger partial charge in [0.05, 0.1) is 16.1 Å². The first-order valence-corrected chi connectivity index (χ1v) is 9.01. The zero-order valence-corrected chi connectivity index (χ0v) is 15.3. The molecule has 1 N–H and O–H groups in total. The van der Waals surface area contributed by atoms with E-state index in [1.54, 1.807) is 12.3 Å². The molecule has 2 aromatic heterocycles. The van der Waals surface area contributed by atoms with Crippen LogP contribution in [0.5, 0.6) is 0 Å².